The Morgan fingerprint density at radius 1 is 1.37 bits per heavy atom. The lowest BCUT2D eigenvalue weighted by Crippen LogP contribution is -2.07. The van der Waals surface area contributed by atoms with E-state index < -0.39 is 0 Å². The largest absolute Gasteiger partial charge is 0.497 e. The molecule has 19 heavy (non-hydrogen) atoms. The van der Waals surface area contributed by atoms with Gasteiger partial charge in [-0.05, 0) is 37.1 Å². The van der Waals surface area contributed by atoms with Crippen LogP contribution in [-0.4, -0.2) is 24.3 Å². The van der Waals surface area contributed by atoms with Gasteiger partial charge in [0.2, 0.25) is 0 Å². The number of ether oxygens (including phenoxy) is 2. The summed E-state index contributed by atoms with van der Waals surface area (Å²) in [5.41, 5.74) is 3.23. The van der Waals surface area contributed by atoms with Crippen molar-refractivity contribution in [3.8, 4) is 5.75 Å². The quantitative estimate of drug-likeness (QED) is 0.794. The molecule has 0 N–H and O–H groups in total. The predicted molar refractivity (Wildman–Crippen MR) is 74.5 cm³/mol. The van der Waals surface area contributed by atoms with Crippen molar-refractivity contribution in [2.24, 2.45) is 7.05 Å². The highest BCUT2D eigenvalue weighted by Gasteiger charge is 2.14. The first-order valence-corrected chi connectivity index (χ1v) is 6.35. The highest BCUT2D eigenvalue weighted by molar-refractivity contribution is 5.91. The molecule has 102 valence electrons. The smallest absolute Gasteiger partial charge is 0.310 e. The molecule has 0 spiro atoms. The number of fused-ring (bicyclic) bond motifs is 1. The highest BCUT2D eigenvalue weighted by Crippen LogP contribution is 2.29. The number of hydrogen-bond acceptors (Lipinski definition) is 3. The van der Waals surface area contributed by atoms with Gasteiger partial charge in [0, 0.05) is 18.6 Å². The van der Waals surface area contributed by atoms with Crippen LogP contribution in [0.4, 0.5) is 0 Å². The molecule has 0 bridgehead atoms. The number of methoxy groups -OCH3 is 1. The second kappa shape index (κ2) is 5.34. The molecule has 0 radical (unpaired) electrons. The van der Waals surface area contributed by atoms with E-state index in [4.69, 9.17) is 9.47 Å². The Bertz CT molecular complexity index is 613. The third-order valence-corrected chi connectivity index (χ3v) is 3.20. The maximum absolute atomic E-state index is 11.6. The van der Waals surface area contributed by atoms with Gasteiger partial charge in [0.25, 0.3) is 0 Å². The summed E-state index contributed by atoms with van der Waals surface area (Å²) in [7, 11) is 3.63. The Labute approximate surface area is 112 Å². The van der Waals surface area contributed by atoms with E-state index in [9.17, 15) is 4.79 Å². The molecule has 4 heteroatoms. The van der Waals surface area contributed by atoms with Crippen LogP contribution in [0.3, 0.4) is 0 Å². The lowest BCUT2D eigenvalue weighted by atomic mass is 10.1. The molecule has 0 atom stereocenters. The highest BCUT2D eigenvalue weighted by atomic mass is 16.5. The van der Waals surface area contributed by atoms with Gasteiger partial charge in [-0.25, -0.2) is 0 Å². The molecule has 1 heterocycles. The summed E-state index contributed by atoms with van der Waals surface area (Å²) >= 11 is 0. The molecule has 2 aromatic rings. The van der Waals surface area contributed by atoms with E-state index in [0.29, 0.717) is 6.61 Å². The van der Waals surface area contributed by atoms with Crippen LogP contribution in [0.1, 0.15) is 18.1 Å². The summed E-state index contributed by atoms with van der Waals surface area (Å²) < 4.78 is 12.3. The van der Waals surface area contributed by atoms with Crippen molar-refractivity contribution < 1.29 is 14.3 Å². The zero-order valence-corrected chi connectivity index (χ0v) is 11.8. The van der Waals surface area contributed by atoms with Gasteiger partial charge in [-0.1, -0.05) is 0 Å². The first kappa shape index (κ1) is 13.5. The van der Waals surface area contributed by atoms with E-state index in [2.05, 4.69) is 0 Å². The van der Waals surface area contributed by atoms with Crippen molar-refractivity contribution in [1.29, 1.82) is 0 Å². The number of carbonyl (C=O) groups is 1. The Morgan fingerprint density at radius 3 is 2.74 bits per heavy atom. The molecular formula is C15H19NO3. The minimum atomic E-state index is -0.199. The predicted octanol–water partition coefficient (Wildman–Crippen LogP) is 2.60. The second-order valence-corrected chi connectivity index (χ2v) is 4.59. The Kier molecular flexibility index (Phi) is 3.79. The molecule has 2 rings (SSSR count). The molecule has 0 saturated carbocycles. The number of hydrogen-bond donors (Lipinski definition) is 0. The lowest BCUT2D eigenvalue weighted by molar-refractivity contribution is -0.142. The van der Waals surface area contributed by atoms with E-state index in [1.54, 1.807) is 7.11 Å². The average molecular weight is 261 g/mol. The van der Waals surface area contributed by atoms with E-state index in [1.807, 2.05) is 43.8 Å². The van der Waals surface area contributed by atoms with Crippen LogP contribution in [0.5, 0.6) is 5.75 Å². The zero-order chi connectivity index (χ0) is 14.0. The van der Waals surface area contributed by atoms with E-state index in [1.165, 1.54) is 0 Å². The number of rotatable bonds is 4. The van der Waals surface area contributed by atoms with Gasteiger partial charge in [0.15, 0.2) is 0 Å². The monoisotopic (exact) mass is 261 g/mol. The molecule has 0 aliphatic rings. The van der Waals surface area contributed by atoms with Crippen molar-refractivity contribution in [2.45, 2.75) is 20.3 Å². The van der Waals surface area contributed by atoms with E-state index in [0.717, 1.165) is 27.8 Å². The number of aryl methyl sites for hydroxylation is 2. The topological polar surface area (TPSA) is 40.5 Å². The van der Waals surface area contributed by atoms with E-state index in [-0.39, 0.29) is 12.4 Å². The third kappa shape index (κ3) is 2.57. The van der Waals surface area contributed by atoms with Crippen molar-refractivity contribution >= 4 is 16.9 Å². The number of benzene rings is 1. The summed E-state index contributed by atoms with van der Waals surface area (Å²) in [5.74, 6) is 0.608. The van der Waals surface area contributed by atoms with Gasteiger partial charge in [0.05, 0.1) is 25.7 Å². The second-order valence-electron chi connectivity index (χ2n) is 4.59. The third-order valence-electron chi connectivity index (χ3n) is 3.20. The van der Waals surface area contributed by atoms with Crippen LogP contribution in [0.2, 0.25) is 0 Å². The maximum atomic E-state index is 11.6. The van der Waals surface area contributed by atoms with Crippen molar-refractivity contribution in [3.05, 3.63) is 29.5 Å². The molecule has 0 fully saturated rings. The van der Waals surface area contributed by atoms with Gasteiger partial charge in [-0.2, -0.15) is 0 Å². The number of carbonyl (C=O) groups excluding carboxylic acids is 1. The summed E-state index contributed by atoms with van der Waals surface area (Å²) in [4.78, 5) is 11.6. The first-order chi connectivity index (χ1) is 9.06. The Balaban J connectivity index is 2.50. The van der Waals surface area contributed by atoms with Crippen molar-refractivity contribution in [1.82, 2.24) is 4.57 Å². The number of aromatic nitrogens is 1. The molecule has 0 saturated heterocycles. The fourth-order valence-corrected chi connectivity index (χ4v) is 2.45. The summed E-state index contributed by atoms with van der Waals surface area (Å²) in [6, 6.07) is 3.97. The number of esters is 1. The van der Waals surface area contributed by atoms with Crippen molar-refractivity contribution in [3.63, 3.8) is 0 Å². The van der Waals surface area contributed by atoms with Gasteiger partial charge >= 0.3 is 5.97 Å². The van der Waals surface area contributed by atoms with Crippen LogP contribution in [0, 0.1) is 6.92 Å². The van der Waals surface area contributed by atoms with Crippen LogP contribution < -0.4 is 4.74 Å². The number of nitrogens with zero attached hydrogens (tertiary/aromatic N) is 1. The minimum Gasteiger partial charge on any atom is -0.497 e. The molecule has 0 aliphatic heterocycles. The van der Waals surface area contributed by atoms with Crippen LogP contribution >= 0.6 is 0 Å². The summed E-state index contributed by atoms with van der Waals surface area (Å²) in [6.45, 7) is 4.26. The average Bonchev–Trinajstić information content (AvgIpc) is 2.66. The SMILES string of the molecule is CCOC(=O)Cc1cn(C)c2c(C)cc(OC)cc12. The fraction of sp³-hybridized carbons (Fsp3) is 0.400. The first-order valence-electron chi connectivity index (χ1n) is 6.35. The normalized spacial score (nSPS) is 10.7. The lowest BCUT2D eigenvalue weighted by Gasteiger charge is -2.06. The minimum absolute atomic E-state index is 0.199. The van der Waals surface area contributed by atoms with Crippen LogP contribution in [0.25, 0.3) is 10.9 Å². The van der Waals surface area contributed by atoms with Crippen LogP contribution in [-0.2, 0) is 23.0 Å². The molecule has 1 aromatic carbocycles. The molecule has 0 amide bonds. The summed E-state index contributed by atoms with van der Waals surface area (Å²) in [6.07, 6.45) is 2.27. The molecule has 0 unspecified atom stereocenters. The van der Waals surface area contributed by atoms with E-state index >= 15 is 0 Å². The standard InChI is InChI=1S/C15H19NO3/c1-5-19-14(17)7-11-9-16(3)15-10(2)6-12(18-4)8-13(11)15/h6,8-9H,5,7H2,1-4H3. The van der Waals surface area contributed by atoms with Gasteiger partial charge < -0.3 is 14.0 Å². The van der Waals surface area contributed by atoms with Crippen molar-refractivity contribution in [2.75, 3.05) is 13.7 Å². The van der Waals surface area contributed by atoms with Gasteiger partial charge in [-0.15, -0.1) is 0 Å². The molecule has 4 nitrogen and oxygen atoms in total. The zero-order valence-electron chi connectivity index (χ0n) is 11.8. The molecule has 0 aliphatic carbocycles. The van der Waals surface area contributed by atoms with Gasteiger partial charge in [-0.3, -0.25) is 4.79 Å². The maximum Gasteiger partial charge on any atom is 0.310 e. The summed E-state index contributed by atoms with van der Waals surface area (Å²) in [5, 5.41) is 1.05. The fourth-order valence-electron chi connectivity index (χ4n) is 2.45. The van der Waals surface area contributed by atoms with Gasteiger partial charge in [0.1, 0.15) is 5.75 Å². The molecular weight excluding hydrogens is 242 g/mol. The molecule has 1 aromatic heterocycles. The van der Waals surface area contributed by atoms with Crippen LogP contribution in [0.15, 0.2) is 18.3 Å². The Hall–Kier alpha value is -1.97. The Morgan fingerprint density at radius 2 is 2.11 bits per heavy atom.